The number of amides is 1. The fraction of sp³-hybridized carbons (Fsp3) is 0.917. The lowest BCUT2D eigenvalue weighted by Crippen LogP contribution is -2.39. The monoisotopic (exact) mass is 246 g/mol. The lowest BCUT2D eigenvalue weighted by molar-refractivity contribution is -0.138. The van der Waals surface area contributed by atoms with E-state index < -0.39 is 0 Å². The maximum atomic E-state index is 12.1. The normalized spacial score (nSPS) is 33.5. The van der Waals surface area contributed by atoms with Crippen LogP contribution in [-0.4, -0.2) is 29.9 Å². The summed E-state index contributed by atoms with van der Waals surface area (Å²) in [5, 5.41) is 0. The number of nitrogens with zero attached hydrogens (tertiary/aromatic N) is 1. The number of likely N-dealkylation sites (tertiary alicyclic amines) is 1. The highest BCUT2D eigenvalue weighted by Crippen LogP contribution is 2.38. The van der Waals surface area contributed by atoms with Crippen LogP contribution < -0.4 is 5.73 Å². The lowest BCUT2D eigenvalue weighted by atomic mass is 9.95. The van der Waals surface area contributed by atoms with E-state index in [0.717, 1.165) is 19.5 Å². The Bertz CT molecular complexity index is 275. The molecule has 2 rings (SSSR count). The van der Waals surface area contributed by atoms with E-state index in [4.69, 9.17) is 5.73 Å². The first-order valence-electron chi connectivity index (χ1n) is 5.94. The largest absolute Gasteiger partial charge is 0.342 e. The summed E-state index contributed by atoms with van der Waals surface area (Å²) in [4.78, 5) is 14.1. The zero-order valence-corrected chi connectivity index (χ0v) is 11.2. The molecule has 1 amide bonds. The van der Waals surface area contributed by atoms with Crippen molar-refractivity contribution in [2.75, 3.05) is 13.1 Å². The summed E-state index contributed by atoms with van der Waals surface area (Å²) in [6, 6.07) is 0.327. The smallest absolute Gasteiger partial charge is 0.227 e. The van der Waals surface area contributed by atoms with Gasteiger partial charge in [0.15, 0.2) is 0 Å². The summed E-state index contributed by atoms with van der Waals surface area (Å²) in [6.07, 6.45) is 2.35. The van der Waals surface area contributed by atoms with Gasteiger partial charge in [0.05, 0.1) is 0 Å². The summed E-state index contributed by atoms with van der Waals surface area (Å²) in [7, 11) is 0. The first-order chi connectivity index (χ1) is 6.89. The zero-order chi connectivity index (χ0) is 11.2. The van der Waals surface area contributed by atoms with Crippen LogP contribution in [0.15, 0.2) is 0 Å². The van der Waals surface area contributed by atoms with Gasteiger partial charge in [-0.15, -0.1) is 12.4 Å². The Morgan fingerprint density at radius 1 is 1.25 bits per heavy atom. The highest BCUT2D eigenvalue weighted by atomic mass is 35.5. The molecule has 2 fully saturated rings. The second-order valence-corrected chi connectivity index (χ2v) is 6.13. The lowest BCUT2D eigenvalue weighted by Gasteiger charge is -2.26. The molecular formula is C12H23ClN2O. The fourth-order valence-electron chi connectivity index (χ4n) is 2.95. The molecule has 2 N–H and O–H groups in total. The van der Waals surface area contributed by atoms with Crippen LogP contribution >= 0.6 is 12.4 Å². The average molecular weight is 247 g/mol. The molecule has 3 unspecified atom stereocenters. The molecule has 0 aromatic carbocycles. The van der Waals surface area contributed by atoms with Gasteiger partial charge in [-0.1, -0.05) is 20.8 Å². The maximum absolute atomic E-state index is 12.1. The van der Waals surface area contributed by atoms with Gasteiger partial charge in [-0.05, 0) is 24.7 Å². The van der Waals surface area contributed by atoms with E-state index >= 15 is 0 Å². The van der Waals surface area contributed by atoms with Crippen molar-refractivity contribution >= 4 is 18.3 Å². The van der Waals surface area contributed by atoms with Crippen LogP contribution in [0.3, 0.4) is 0 Å². The molecule has 1 aliphatic carbocycles. The molecule has 3 atom stereocenters. The summed E-state index contributed by atoms with van der Waals surface area (Å²) in [6.45, 7) is 7.80. The van der Waals surface area contributed by atoms with Crippen LogP contribution in [-0.2, 0) is 4.79 Å². The number of hydrogen-bond acceptors (Lipinski definition) is 2. The number of hydrogen-bond donors (Lipinski definition) is 1. The van der Waals surface area contributed by atoms with E-state index in [-0.39, 0.29) is 23.7 Å². The third-order valence-corrected chi connectivity index (χ3v) is 3.84. The SMILES string of the molecule is CC(C)(C)C(=O)N1CC2CCC(N)C2C1.Cl. The molecule has 0 aromatic rings. The zero-order valence-electron chi connectivity index (χ0n) is 10.4. The number of fused-ring (bicyclic) bond motifs is 1. The summed E-state index contributed by atoms with van der Waals surface area (Å²) < 4.78 is 0. The van der Waals surface area contributed by atoms with E-state index in [2.05, 4.69) is 0 Å². The van der Waals surface area contributed by atoms with Gasteiger partial charge >= 0.3 is 0 Å². The molecule has 1 heterocycles. The quantitative estimate of drug-likeness (QED) is 0.707. The number of rotatable bonds is 0. The highest BCUT2D eigenvalue weighted by molar-refractivity contribution is 5.85. The molecule has 2 aliphatic rings. The second kappa shape index (κ2) is 4.53. The van der Waals surface area contributed by atoms with Crippen LogP contribution in [0.4, 0.5) is 0 Å². The minimum Gasteiger partial charge on any atom is -0.342 e. The predicted octanol–water partition coefficient (Wildman–Crippen LogP) is 1.65. The van der Waals surface area contributed by atoms with E-state index in [1.807, 2.05) is 25.7 Å². The molecule has 16 heavy (non-hydrogen) atoms. The van der Waals surface area contributed by atoms with E-state index in [1.54, 1.807) is 0 Å². The van der Waals surface area contributed by atoms with Gasteiger partial charge in [0.1, 0.15) is 0 Å². The predicted molar refractivity (Wildman–Crippen MR) is 67.5 cm³/mol. The van der Waals surface area contributed by atoms with E-state index in [0.29, 0.717) is 17.9 Å². The van der Waals surface area contributed by atoms with Gasteiger partial charge in [-0.3, -0.25) is 4.79 Å². The van der Waals surface area contributed by atoms with Crippen molar-refractivity contribution in [2.24, 2.45) is 23.0 Å². The van der Waals surface area contributed by atoms with Crippen molar-refractivity contribution in [1.29, 1.82) is 0 Å². The van der Waals surface area contributed by atoms with E-state index in [9.17, 15) is 4.79 Å². The Kier molecular flexibility index (Phi) is 3.91. The minimum atomic E-state index is -0.247. The molecule has 4 heteroatoms. The van der Waals surface area contributed by atoms with Gasteiger partial charge in [0.25, 0.3) is 0 Å². The molecule has 0 radical (unpaired) electrons. The molecule has 0 bridgehead atoms. The molecule has 1 aliphatic heterocycles. The number of halogens is 1. The first-order valence-corrected chi connectivity index (χ1v) is 5.94. The van der Waals surface area contributed by atoms with Crippen molar-refractivity contribution in [3.8, 4) is 0 Å². The van der Waals surface area contributed by atoms with Gasteiger partial charge in [-0.2, -0.15) is 0 Å². The van der Waals surface area contributed by atoms with Crippen LogP contribution in [0.5, 0.6) is 0 Å². The summed E-state index contributed by atoms with van der Waals surface area (Å²) >= 11 is 0. The molecule has 0 aromatic heterocycles. The first kappa shape index (κ1) is 13.8. The summed E-state index contributed by atoms with van der Waals surface area (Å²) in [5.41, 5.74) is 5.81. The van der Waals surface area contributed by atoms with Crippen molar-refractivity contribution in [2.45, 2.75) is 39.7 Å². The van der Waals surface area contributed by atoms with Crippen LogP contribution in [0.1, 0.15) is 33.6 Å². The van der Waals surface area contributed by atoms with Gasteiger partial charge in [0, 0.05) is 24.5 Å². The van der Waals surface area contributed by atoms with Crippen LogP contribution in [0.25, 0.3) is 0 Å². The van der Waals surface area contributed by atoms with Crippen LogP contribution in [0.2, 0.25) is 0 Å². The standard InChI is InChI=1S/C12H22N2O.ClH/c1-12(2,3)11(15)14-6-8-4-5-10(13)9(8)7-14;/h8-10H,4-7,13H2,1-3H3;1H. The average Bonchev–Trinajstić information content (AvgIpc) is 2.66. The number of carbonyl (C=O) groups excluding carboxylic acids is 1. The van der Waals surface area contributed by atoms with Crippen molar-refractivity contribution in [3.05, 3.63) is 0 Å². The minimum absolute atomic E-state index is 0. The maximum Gasteiger partial charge on any atom is 0.227 e. The van der Waals surface area contributed by atoms with Gasteiger partial charge in [-0.25, -0.2) is 0 Å². The summed E-state index contributed by atoms with van der Waals surface area (Å²) in [5.74, 6) is 1.52. The van der Waals surface area contributed by atoms with Gasteiger partial charge < -0.3 is 10.6 Å². The van der Waals surface area contributed by atoms with Gasteiger partial charge in [0.2, 0.25) is 5.91 Å². The molecule has 3 nitrogen and oxygen atoms in total. The highest BCUT2D eigenvalue weighted by Gasteiger charge is 2.44. The molecule has 94 valence electrons. The Hall–Kier alpha value is -0.280. The van der Waals surface area contributed by atoms with Crippen molar-refractivity contribution in [3.63, 3.8) is 0 Å². The Morgan fingerprint density at radius 3 is 2.38 bits per heavy atom. The molecule has 1 saturated heterocycles. The Balaban J connectivity index is 0.00000128. The molecular weight excluding hydrogens is 224 g/mol. The fourth-order valence-corrected chi connectivity index (χ4v) is 2.95. The third kappa shape index (κ3) is 2.35. The van der Waals surface area contributed by atoms with Crippen molar-refractivity contribution < 1.29 is 4.79 Å². The number of nitrogens with two attached hydrogens (primary N) is 1. The number of carbonyl (C=O) groups is 1. The van der Waals surface area contributed by atoms with E-state index in [1.165, 1.54) is 6.42 Å². The van der Waals surface area contributed by atoms with Crippen molar-refractivity contribution in [1.82, 2.24) is 4.90 Å². The topological polar surface area (TPSA) is 46.3 Å². The molecule has 1 saturated carbocycles. The third-order valence-electron chi connectivity index (χ3n) is 3.84. The second-order valence-electron chi connectivity index (χ2n) is 6.13. The Morgan fingerprint density at radius 2 is 1.88 bits per heavy atom. The Labute approximate surface area is 104 Å². The molecule has 0 spiro atoms. The van der Waals surface area contributed by atoms with Crippen LogP contribution in [0, 0.1) is 17.3 Å².